The van der Waals surface area contributed by atoms with Gasteiger partial charge in [0.2, 0.25) is 0 Å². The molecule has 2 aliphatic heterocycles. The van der Waals surface area contributed by atoms with E-state index in [1.165, 1.54) is 11.0 Å². The number of ether oxygens (including phenoxy) is 1. The number of aryl methyl sites for hydroxylation is 1. The van der Waals surface area contributed by atoms with E-state index < -0.39 is 23.1 Å². The minimum absolute atomic E-state index is 0.00338. The van der Waals surface area contributed by atoms with E-state index in [0.29, 0.717) is 42.5 Å². The zero-order chi connectivity index (χ0) is 34.7. The van der Waals surface area contributed by atoms with E-state index in [1.54, 1.807) is 19.5 Å². The second kappa shape index (κ2) is 13.0. The number of alkyl halides is 3. The summed E-state index contributed by atoms with van der Waals surface area (Å²) in [5.74, 6) is 1.58. The summed E-state index contributed by atoms with van der Waals surface area (Å²) in [6.45, 7) is 6.88. The summed E-state index contributed by atoms with van der Waals surface area (Å²) < 4.78 is 51.8. The van der Waals surface area contributed by atoms with Crippen molar-refractivity contribution in [1.82, 2.24) is 29.5 Å². The van der Waals surface area contributed by atoms with Crippen molar-refractivity contribution in [2.75, 3.05) is 44.0 Å². The highest BCUT2D eigenvalue weighted by Gasteiger charge is 2.51. The Labute approximate surface area is 286 Å². The minimum atomic E-state index is -4.61. The van der Waals surface area contributed by atoms with Crippen molar-refractivity contribution in [2.45, 2.75) is 95.2 Å². The first-order valence-electron chi connectivity index (χ1n) is 17.5. The second-order valence-corrected chi connectivity index (χ2v) is 14.9. The van der Waals surface area contributed by atoms with E-state index in [4.69, 9.17) is 9.72 Å². The van der Waals surface area contributed by atoms with Crippen molar-refractivity contribution >= 4 is 17.5 Å². The number of halogens is 3. The first-order valence-corrected chi connectivity index (χ1v) is 17.5. The Hall–Kier alpha value is -3.55. The van der Waals surface area contributed by atoms with Gasteiger partial charge in [-0.2, -0.15) is 13.2 Å². The molecule has 7 rings (SSSR count). The Balaban J connectivity index is 1.27. The maximum atomic E-state index is 14.7. The number of amides is 1. The fraction of sp³-hybridized carbons (Fsp3) is 0.611. The molecule has 264 valence electrons. The normalized spacial score (nSPS) is 25.3. The number of fused-ring (bicyclic) bond motifs is 1. The number of aromatic nitrogens is 4. The van der Waals surface area contributed by atoms with Crippen LogP contribution in [0.4, 0.5) is 24.8 Å². The fourth-order valence-corrected chi connectivity index (χ4v) is 8.48. The van der Waals surface area contributed by atoms with Crippen molar-refractivity contribution in [3.05, 3.63) is 64.2 Å². The molecule has 0 bridgehead atoms. The number of benzene rings is 1. The molecule has 49 heavy (non-hydrogen) atoms. The number of nitrogens with zero attached hydrogens (tertiary/aromatic N) is 7. The van der Waals surface area contributed by atoms with Crippen LogP contribution in [0.1, 0.15) is 90.8 Å². The molecule has 1 aromatic carbocycles. The third kappa shape index (κ3) is 6.33. The molecule has 1 amide bonds. The van der Waals surface area contributed by atoms with Gasteiger partial charge in [0.1, 0.15) is 23.8 Å². The van der Waals surface area contributed by atoms with E-state index in [9.17, 15) is 18.0 Å². The lowest BCUT2D eigenvalue weighted by atomic mass is 9.62. The number of hydrogen-bond donors (Lipinski definition) is 1. The van der Waals surface area contributed by atoms with Crippen LogP contribution < -0.4 is 10.2 Å². The molecule has 1 atom stereocenters. The van der Waals surface area contributed by atoms with E-state index in [-0.39, 0.29) is 35.9 Å². The van der Waals surface area contributed by atoms with Gasteiger partial charge in [-0.25, -0.2) is 4.98 Å². The van der Waals surface area contributed by atoms with E-state index in [0.717, 1.165) is 56.7 Å². The Kier molecular flexibility index (Phi) is 8.98. The van der Waals surface area contributed by atoms with E-state index in [1.807, 2.05) is 23.7 Å². The van der Waals surface area contributed by atoms with Gasteiger partial charge in [-0.3, -0.25) is 14.6 Å². The number of carbonyl (C=O) groups excluding carboxylic acids is 1. The number of anilines is 2. The highest BCUT2D eigenvalue weighted by atomic mass is 19.4. The highest BCUT2D eigenvalue weighted by Crippen LogP contribution is 2.51. The third-order valence-electron chi connectivity index (χ3n) is 11.3. The molecule has 1 unspecified atom stereocenters. The summed E-state index contributed by atoms with van der Waals surface area (Å²) >= 11 is 0. The van der Waals surface area contributed by atoms with Gasteiger partial charge in [-0.05, 0) is 79.6 Å². The lowest BCUT2D eigenvalue weighted by Crippen LogP contribution is -2.53. The standard InChI is InChI=1S/C36H47F3N8O2/c1-22(2)30-20-44(3)10-11-46(30)18-23-12-27-28(29(13-23)36(37,38)39)19-47(33(27)48)32-15-24(14-31(42-32)41-25-8-6-7-9-25)35(16-26(17-35)49-5)34-43-40-21-45(34)4/h12-15,21-22,25-26,30H,6-11,16-20H2,1-5H3,(H,41,42)/t26-,30?,35-. The lowest BCUT2D eigenvalue weighted by Gasteiger charge is -2.46. The number of carbonyl (C=O) groups is 1. The van der Waals surface area contributed by atoms with Crippen molar-refractivity contribution in [1.29, 1.82) is 0 Å². The van der Waals surface area contributed by atoms with E-state index in [2.05, 4.69) is 46.2 Å². The van der Waals surface area contributed by atoms with Crippen LogP contribution in [0, 0.1) is 5.92 Å². The Morgan fingerprint density at radius 3 is 2.49 bits per heavy atom. The molecule has 4 heterocycles. The summed E-state index contributed by atoms with van der Waals surface area (Å²) in [6.07, 6.45) is 2.64. The number of piperazine rings is 1. The summed E-state index contributed by atoms with van der Waals surface area (Å²) in [5, 5.41) is 12.2. The summed E-state index contributed by atoms with van der Waals surface area (Å²) in [6, 6.07) is 7.25. The van der Waals surface area contributed by atoms with Crippen LogP contribution in [0.25, 0.3) is 0 Å². The number of methoxy groups -OCH3 is 1. The van der Waals surface area contributed by atoms with Gasteiger partial charge in [-0.15, -0.1) is 10.2 Å². The zero-order valence-electron chi connectivity index (χ0n) is 29.1. The summed E-state index contributed by atoms with van der Waals surface area (Å²) in [5.41, 5.74) is 0.197. The fourth-order valence-electron chi connectivity index (χ4n) is 8.48. The maximum Gasteiger partial charge on any atom is 0.416 e. The molecule has 2 aliphatic carbocycles. The van der Waals surface area contributed by atoms with E-state index >= 15 is 0 Å². The number of likely N-dealkylation sites (N-methyl/N-ethyl adjacent to an activating group) is 1. The average Bonchev–Trinajstić information content (AvgIpc) is 3.78. The van der Waals surface area contributed by atoms with Gasteiger partial charge in [0.05, 0.1) is 23.6 Å². The van der Waals surface area contributed by atoms with Gasteiger partial charge in [-0.1, -0.05) is 26.7 Å². The molecule has 13 heteroatoms. The Morgan fingerprint density at radius 1 is 1.08 bits per heavy atom. The molecule has 1 saturated heterocycles. The van der Waals surface area contributed by atoms with Crippen LogP contribution in [0.3, 0.4) is 0 Å². The molecule has 3 fully saturated rings. The predicted molar refractivity (Wildman–Crippen MR) is 180 cm³/mol. The van der Waals surface area contributed by atoms with Crippen LogP contribution in [0.15, 0.2) is 30.6 Å². The van der Waals surface area contributed by atoms with Gasteiger partial charge in [0.25, 0.3) is 5.91 Å². The molecule has 1 N–H and O–H groups in total. The Bertz CT molecular complexity index is 1700. The van der Waals surface area contributed by atoms with Crippen LogP contribution in [0.2, 0.25) is 0 Å². The maximum absolute atomic E-state index is 14.7. The molecule has 0 radical (unpaired) electrons. The van der Waals surface area contributed by atoms with Crippen molar-refractivity contribution in [3.63, 3.8) is 0 Å². The lowest BCUT2D eigenvalue weighted by molar-refractivity contribution is -0.138. The second-order valence-electron chi connectivity index (χ2n) is 14.9. The molecule has 4 aliphatic rings. The number of rotatable bonds is 9. The van der Waals surface area contributed by atoms with Crippen molar-refractivity contribution < 1.29 is 22.7 Å². The quantitative estimate of drug-likeness (QED) is 0.312. The average molecular weight is 681 g/mol. The van der Waals surface area contributed by atoms with Crippen molar-refractivity contribution in [2.24, 2.45) is 13.0 Å². The minimum Gasteiger partial charge on any atom is -0.381 e. The molecule has 3 aromatic rings. The molecule has 10 nitrogen and oxygen atoms in total. The van der Waals surface area contributed by atoms with Gasteiger partial charge >= 0.3 is 6.18 Å². The van der Waals surface area contributed by atoms with Gasteiger partial charge in [0, 0.05) is 58.0 Å². The molecular formula is C36H47F3N8O2. The molecular weight excluding hydrogens is 633 g/mol. The third-order valence-corrected chi connectivity index (χ3v) is 11.3. The SMILES string of the molecule is CO[C@H]1C[C@](c2cc(NC3CCCC3)nc(N3Cc4c(cc(CN5CCN(C)CC5C(C)C)cc4C(F)(F)F)C3=O)c2)(c2nncn2C)C1. The first kappa shape index (κ1) is 33.9. The van der Waals surface area contributed by atoms with Gasteiger partial charge in [0.15, 0.2) is 0 Å². The predicted octanol–water partition coefficient (Wildman–Crippen LogP) is 5.61. The highest BCUT2D eigenvalue weighted by molar-refractivity contribution is 6.10. The molecule has 2 saturated carbocycles. The topological polar surface area (TPSA) is 91.7 Å². The first-order chi connectivity index (χ1) is 23.4. The number of pyridine rings is 1. The number of hydrogen-bond acceptors (Lipinski definition) is 8. The van der Waals surface area contributed by atoms with Gasteiger partial charge < -0.3 is 19.5 Å². The largest absolute Gasteiger partial charge is 0.416 e. The van der Waals surface area contributed by atoms with Crippen molar-refractivity contribution in [3.8, 4) is 0 Å². The molecule has 2 aromatic heterocycles. The van der Waals surface area contributed by atoms with Crippen LogP contribution >= 0.6 is 0 Å². The van der Waals surface area contributed by atoms with Crippen LogP contribution in [0.5, 0.6) is 0 Å². The summed E-state index contributed by atoms with van der Waals surface area (Å²) in [4.78, 5) is 25.1. The number of nitrogens with one attached hydrogen (secondary N) is 1. The summed E-state index contributed by atoms with van der Waals surface area (Å²) in [7, 11) is 5.67. The Morgan fingerprint density at radius 2 is 1.84 bits per heavy atom. The smallest absolute Gasteiger partial charge is 0.381 e. The van der Waals surface area contributed by atoms with Crippen LogP contribution in [-0.4, -0.2) is 87.4 Å². The zero-order valence-corrected chi connectivity index (χ0v) is 29.1. The monoisotopic (exact) mass is 680 g/mol. The van der Waals surface area contributed by atoms with Crippen LogP contribution in [-0.2, 0) is 36.5 Å². The molecule has 0 spiro atoms.